The number of benzene rings is 8. The molecule has 12 aromatic rings. The Balaban J connectivity index is 0.000000197. The van der Waals surface area contributed by atoms with Crippen LogP contribution in [0.15, 0.2) is 255 Å². The zero-order chi connectivity index (χ0) is 54.1. The van der Waals surface area contributed by atoms with E-state index in [4.69, 9.17) is 0 Å². The molecule has 0 aliphatic carbocycles. The first-order valence-electron chi connectivity index (χ1n) is 26.2. The van der Waals surface area contributed by atoms with Crippen LogP contribution in [0, 0.1) is 65.8 Å². The van der Waals surface area contributed by atoms with Gasteiger partial charge >= 0.3 is 0 Å². The van der Waals surface area contributed by atoms with Gasteiger partial charge in [-0.2, -0.15) is 0 Å². The molecule has 4 nitrogen and oxygen atoms in total. The van der Waals surface area contributed by atoms with Gasteiger partial charge in [0.1, 0.15) is 0 Å². The van der Waals surface area contributed by atoms with Crippen molar-refractivity contribution in [3.05, 3.63) is 313 Å². The summed E-state index contributed by atoms with van der Waals surface area (Å²) in [5.41, 5.74) is 25.0. The average molecular weight is 1770 g/mol. The second kappa shape index (κ2) is 33.2. The third-order valence-corrected chi connectivity index (χ3v) is 13.0. The minimum atomic E-state index is 0. The van der Waals surface area contributed by atoms with E-state index in [0.29, 0.717) is 0 Å². The fourth-order valence-corrected chi connectivity index (χ4v) is 8.94. The summed E-state index contributed by atoms with van der Waals surface area (Å²) in [5, 5.41) is 0. The third kappa shape index (κ3) is 18.7. The number of pyridine rings is 4. The number of nitrogens with zero attached hydrogens (tertiary/aromatic N) is 4. The minimum absolute atomic E-state index is 0. The SMILES string of the molecule is Cc1cc(C)cc(-c2c[c-]c(-c3ccccn3)cc2)c1.Cc1cc(C)nc(-c2[c-]ccc(-c3ccccc3)c2)c1.Cc1cnc(-c2[c-]ccc(-c3ccccc3)c2)cc1C.[Ir].[Ir].[Ir].[Ir].[c-]1cc(-c2ccccc2)ccc1-c1ccccn1. The van der Waals surface area contributed by atoms with Crippen LogP contribution in [0.3, 0.4) is 0 Å². The smallest absolute Gasteiger partial charge is 0.0268 e. The van der Waals surface area contributed by atoms with Crippen LogP contribution >= 0.6 is 0 Å². The largest absolute Gasteiger partial charge is 0.305 e. The molecule has 4 aromatic heterocycles. The molecule has 0 aliphatic rings. The molecule has 8 aromatic carbocycles. The van der Waals surface area contributed by atoms with Gasteiger partial charge in [0.25, 0.3) is 0 Å². The molecule has 0 atom stereocenters. The first-order chi connectivity index (χ1) is 38.1. The molecule has 416 valence electrons. The van der Waals surface area contributed by atoms with Crippen molar-refractivity contribution in [2.45, 2.75) is 41.5 Å². The van der Waals surface area contributed by atoms with Crippen LogP contribution in [0.25, 0.3) is 89.5 Å². The Morgan fingerprint density at radius 2 is 0.720 bits per heavy atom. The van der Waals surface area contributed by atoms with Gasteiger partial charge in [0.2, 0.25) is 0 Å². The number of hydrogen-bond acceptors (Lipinski definition) is 4. The standard InChI is InChI=1S/3C19H16N.C17H12N.4Ir/c1-14-11-15(2)13-18(12-14)16-6-8-17(9-7-16)19-5-3-4-10-20-19;1-14-11-19(20-13-15(14)2)18-10-6-9-17(12-18)16-7-4-3-5-8-16;1-14-11-15(2)20-19(12-14)18-10-6-9-17(13-18)16-7-4-3-5-8-16;1-2-6-14(7-3-1)15-9-11-16(12-10-15)17-8-4-5-13-18-17;;;;/h3-8,10-13H,1-2H3;2*3-9,11-13H,1-2H3;1-11,13H;;;;/q4*-1;;;;. The molecule has 0 fully saturated rings. The number of aryl methyl sites for hydroxylation is 6. The van der Waals surface area contributed by atoms with Crippen molar-refractivity contribution >= 4 is 0 Å². The Morgan fingerprint density at radius 3 is 1.15 bits per heavy atom. The summed E-state index contributed by atoms with van der Waals surface area (Å²) in [7, 11) is 0. The van der Waals surface area contributed by atoms with Crippen LogP contribution in [0.5, 0.6) is 0 Å². The van der Waals surface area contributed by atoms with Gasteiger partial charge in [-0.15, -0.1) is 130 Å². The van der Waals surface area contributed by atoms with Gasteiger partial charge in [0.05, 0.1) is 0 Å². The maximum Gasteiger partial charge on any atom is 0.0268 e. The summed E-state index contributed by atoms with van der Waals surface area (Å²) in [5.74, 6) is 0. The van der Waals surface area contributed by atoms with Crippen LogP contribution in [0.1, 0.15) is 33.5 Å². The monoisotopic (exact) mass is 1780 g/mol. The van der Waals surface area contributed by atoms with Gasteiger partial charge in [-0.1, -0.05) is 190 Å². The summed E-state index contributed by atoms with van der Waals surface area (Å²) < 4.78 is 0. The first-order valence-corrected chi connectivity index (χ1v) is 26.2. The van der Waals surface area contributed by atoms with E-state index >= 15 is 0 Å². The zero-order valence-electron chi connectivity index (χ0n) is 46.4. The Morgan fingerprint density at radius 1 is 0.280 bits per heavy atom. The molecule has 0 N–H and O–H groups in total. The Labute approximate surface area is 539 Å². The third-order valence-electron chi connectivity index (χ3n) is 13.0. The fourth-order valence-electron chi connectivity index (χ4n) is 8.94. The summed E-state index contributed by atoms with van der Waals surface area (Å²) in [6.45, 7) is 12.6. The molecular weight excluding hydrogens is 1710 g/mol. The molecule has 0 amide bonds. The van der Waals surface area contributed by atoms with Crippen LogP contribution in [-0.4, -0.2) is 19.9 Å². The number of rotatable bonds is 8. The van der Waals surface area contributed by atoms with Crippen LogP contribution < -0.4 is 0 Å². The predicted molar refractivity (Wildman–Crippen MR) is 324 cm³/mol. The summed E-state index contributed by atoms with van der Waals surface area (Å²) in [6.07, 6.45) is 5.53. The molecule has 0 saturated heterocycles. The molecule has 0 saturated carbocycles. The van der Waals surface area contributed by atoms with Crippen molar-refractivity contribution in [3.63, 3.8) is 0 Å². The van der Waals surface area contributed by atoms with E-state index in [1.54, 1.807) is 12.4 Å². The first kappa shape index (κ1) is 65.8. The van der Waals surface area contributed by atoms with Gasteiger partial charge in [-0.3, -0.25) is 0 Å². The average Bonchev–Trinajstić information content (AvgIpc) is 3.64. The van der Waals surface area contributed by atoms with Crippen molar-refractivity contribution in [3.8, 4) is 89.5 Å². The van der Waals surface area contributed by atoms with Crippen molar-refractivity contribution < 1.29 is 80.4 Å². The molecule has 0 aliphatic heterocycles. The van der Waals surface area contributed by atoms with E-state index in [2.05, 4.69) is 224 Å². The summed E-state index contributed by atoms with van der Waals surface area (Å²) in [4.78, 5) is 17.8. The van der Waals surface area contributed by atoms with Crippen molar-refractivity contribution in [1.29, 1.82) is 0 Å². The molecule has 4 radical (unpaired) electrons. The van der Waals surface area contributed by atoms with Gasteiger partial charge in [0.15, 0.2) is 0 Å². The van der Waals surface area contributed by atoms with Gasteiger partial charge in [-0.25, -0.2) is 0 Å². The van der Waals surface area contributed by atoms with E-state index in [0.717, 1.165) is 50.7 Å². The number of hydrogen-bond donors (Lipinski definition) is 0. The van der Waals surface area contributed by atoms with Gasteiger partial charge in [0, 0.05) is 105 Å². The maximum absolute atomic E-state index is 4.61. The van der Waals surface area contributed by atoms with E-state index < -0.39 is 0 Å². The quantitative estimate of drug-likeness (QED) is 0.142. The van der Waals surface area contributed by atoms with Gasteiger partial charge in [-0.05, 0) is 99.2 Å². The van der Waals surface area contributed by atoms with E-state index in [-0.39, 0.29) is 80.4 Å². The Hall–Kier alpha value is -7.04. The van der Waals surface area contributed by atoms with Crippen molar-refractivity contribution in [1.82, 2.24) is 19.9 Å². The van der Waals surface area contributed by atoms with E-state index in [9.17, 15) is 0 Å². The molecule has 12 rings (SSSR count). The molecule has 0 bridgehead atoms. The molecule has 0 spiro atoms. The van der Waals surface area contributed by atoms with Crippen molar-refractivity contribution in [2.24, 2.45) is 0 Å². The predicted octanol–water partition coefficient (Wildman–Crippen LogP) is 18.7. The second-order valence-electron chi connectivity index (χ2n) is 19.2. The van der Waals surface area contributed by atoms with E-state index in [1.165, 1.54) is 72.3 Å². The molecule has 82 heavy (non-hydrogen) atoms. The van der Waals surface area contributed by atoms with E-state index in [1.807, 2.05) is 104 Å². The van der Waals surface area contributed by atoms with Gasteiger partial charge < -0.3 is 19.9 Å². The second-order valence-corrected chi connectivity index (χ2v) is 19.2. The molecule has 8 heteroatoms. The summed E-state index contributed by atoms with van der Waals surface area (Å²) >= 11 is 0. The number of aromatic nitrogens is 4. The Bertz CT molecular complexity index is 3730. The van der Waals surface area contributed by atoms with Crippen molar-refractivity contribution in [2.75, 3.05) is 0 Å². The maximum atomic E-state index is 4.61. The normalized spacial score (nSPS) is 9.93. The van der Waals surface area contributed by atoms with Crippen LogP contribution in [-0.2, 0) is 80.4 Å². The van der Waals surface area contributed by atoms with Crippen LogP contribution in [0.2, 0.25) is 0 Å². The summed E-state index contributed by atoms with van der Waals surface area (Å²) in [6, 6.07) is 93.8. The minimum Gasteiger partial charge on any atom is -0.305 e. The Kier molecular flexibility index (Phi) is 26.6. The fraction of sp³-hybridized carbons (Fsp3) is 0.0811. The zero-order valence-corrected chi connectivity index (χ0v) is 56.0. The molecule has 4 heterocycles. The van der Waals surface area contributed by atoms with Crippen LogP contribution in [0.4, 0.5) is 0 Å². The molecule has 0 unspecified atom stereocenters. The molecular formula is C74H60Ir4N4-4. The topological polar surface area (TPSA) is 51.6 Å².